The lowest BCUT2D eigenvalue weighted by atomic mass is 10.0. The summed E-state index contributed by atoms with van der Waals surface area (Å²) in [5, 5.41) is 12.3. The molecule has 0 spiro atoms. The van der Waals surface area contributed by atoms with Crippen LogP contribution in [-0.4, -0.2) is 23.0 Å². The molecular formula is C23H23NO5. The summed E-state index contributed by atoms with van der Waals surface area (Å²) in [6.45, 7) is 7.28. The van der Waals surface area contributed by atoms with Crippen LogP contribution in [-0.2, 0) is 4.79 Å². The Morgan fingerprint density at radius 3 is 2.28 bits per heavy atom. The molecule has 0 bridgehead atoms. The molecule has 0 radical (unpaired) electrons. The van der Waals surface area contributed by atoms with Crippen LogP contribution in [0.1, 0.15) is 35.3 Å². The summed E-state index contributed by atoms with van der Waals surface area (Å²) in [6.07, 6.45) is 0. The summed E-state index contributed by atoms with van der Waals surface area (Å²) in [5.41, 5.74) is 3.27. The van der Waals surface area contributed by atoms with E-state index in [0.29, 0.717) is 27.9 Å². The van der Waals surface area contributed by atoms with Crippen LogP contribution in [0, 0.1) is 19.8 Å². The quantitative estimate of drug-likeness (QED) is 0.685. The fraction of sp³-hybridized carbons (Fsp3) is 0.261. The summed E-state index contributed by atoms with van der Waals surface area (Å²) in [7, 11) is 0. The normalized spacial score (nSPS) is 12.2. The summed E-state index contributed by atoms with van der Waals surface area (Å²) < 4.78 is 5.96. The molecule has 150 valence electrons. The number of nitrogens with one attached hydrogen (secondary N) is 1. The lowest BCUT2D eigenvalue weighted by Gasteiger charge is -2.17. The largest absolute Gasteiger partial charge is 0.480 e. The standard InChI is InChI=1S/C23H23NO5/c1-12(2)20(23(27)28)24-22(26)16-7-5-15(6-8-16)19-11-18(25)17-10-13(3)9-14(4)21(17)29-19/h5-12,20H,1-4H3,(H,24,26)(H,27,28). The van der Waals surface area contributed by atoms with E-state index in [-0.39, 0.29) is 11.3 Å². The van der Waals surface area contributed by atoms with Gasteiger partial charge in [0.25, 0.3) is 5.91 Å². The predicted molar refractivity (Wildman–Crippen MR) is 111 cm³/mol. The Balaban J connectivity index is 1.91. The summed E-state index contributed by atoms with van der Waals surface area (Å²) >= 11 is 0. The van der Waals surface area contributed by atoms with Crippen LogP contribution in [0.3, 0.4) is 0 Å². The van der Waals surface area contributed by atoms with Crippen LogP contribution in [0.4, 0.5) is 0 Å². The van der Waals surface area contributed by atoms with Gasteiger partial charge in [0.2, 0.25) is 0 Å². The maximum Gasteiger partial charge on any atom is 0.326 e. The number of carboxylic acid groups (broad SMARTS) is 1. The molecule has 6 heteroatoms. The van der Waals surface area contributed by atoms with E-state index in [4.69, 9.17) is 4.42 Å². The molecule has 6 nitrogen and oxygen atoms in total. The second kappa shape index (κ2) is 7.91. The number of benzene rings is 2. The van der Waals surface area contributed by atoms with Gasteiger partial charge in [0, 0.05) is 17.2 Å². The van der Waals surface area contributed by atoms with Crippen molar-refractivity contribution in [1.82, 2.24) is 5.32 Å². The first-order valence-electron chi connectivity index (χ1n) is 9.36. The van der Waals surface area contributed by atoms with Gasteiger partial charge in [-0.25, -0.2) is 4.79 Å². The zero-order valence-corrected chi connectivity index (χ0v) is 16.8. The molecule has 1 unspecified atom stereocenters. The number of aryl methyl sites for hydroxylation is 2. The van der Waals surface area contributed by atoms with Gasteiger partial charge in [0.05, 0.1) is 5.39 Å². The SMILES string of the molecule is Cc1cc(C)c2oc(-c3ccc(C(=O)NC(C(=O)O)C(C)C)cc3)cc(=O)c2c1. The van der Waals surface area contributed by atoms with Crippen LogP contribution in [0.25, 0.3) is 22.3 Å². The average Bonchev–Trinajstić information content (AvgIpc) is 2.66. The number of hydrogen-bond donors (Lipinski definition) is 2. The molecule has 0 aliphatic carbocycles. The second-order valence-electron chi connectivity index (χ2n) is 7.54. The van der Waals surface area contributed by atoms with E-state index in [9.17, 15) is 19.5 Å². The number of carbonyl (C=O) groups excluding carboxylic acids is 1. The van der Waals surface area contributed by atoms with Crippen molar-refractivity contribution in [1.29, 1.82) is 0 Å². The Morgan fingerprint density at radius 2 is 1.69 bits per heavy atom. The van der Waals surface area contributed by atoms with E-state index in [0.717, 1.165) is 11.1 Å². The number of aliphatic carboxylic acids is 1. The second-order valence-corrected chi connectivity index (χ2v) is 7.54. The third-order valence-electron chi connectivity index (χ3n) is 4.81. The Kier molecular flexibility index (Phi) is 5.55. The smallest absolute Gasteiger partial charge is 0.326 e. The molecule has 0 aliphatic heterocycles. The summed E-state index contributed by atoms with van der Waals surface area (Å²) in [4.78, 5) is 36.2. The minimum Gasteiger partial charge on any atom is -0.480 e. The van der Waals surface area contributed by atoms with E-state index in [2.05, 4.69) is 5.32 Å². The molecule has 0 fully saturated rings. The zero-order valence-electron chi connectivity index (χ0n) is 16.8. The van der Waals surface area contributed by atoms with E-state index >= 15 is 0 Å². The van der Waals surface area contributed by atoms with Gasteiger partial charge >= 0.3 is 5.97 Å². The molecule has 2 N–H and O–H groups in total. The van der Waals surface area contributed by atoms with Gasteiger partial charge in [-0.05, 0) is 49.1 Å². The van der Waals surface area contributed by atoms with Crippen molar-refractivity contribution in [2.24, 2.45) is 5.92 Å². The Morgan fingerprint density at radius 1 is 1.03 bits per heavy atom. The Labute approximate surface area is 168 Å². The number of carboxylic acids is 1. The molecule has 0 saturated heterocycles. The van der Waals surface area contributed by atoms with Crippen LogP contribution in [0.15, 0.2) is 51.7 Å². The molecule has 1 aromatic heterocycles. The monoisotopic (exact) mass is 393 g/mol. The maximum absolute atomic E-state index is 12.5. The van der Waals surface area contributed by atoms with E-state index in [1.807, 2.05) is 19.9 Å². The third kappa shape index (κ3) is 4.21. The topological polar surface area (TPSA) is 96.6 Å². The van der Waals surface area contributed by atoms with Gasteiger partial charge in [0.15, 0.2) is 5.43 Å². The van der Waals surface area contributed by atoms with Gasteiger partial charge in [0.1, 0.15) is 17.4 Å². The van der Waals surface area contributed by atoms with Crippen LogP contribution >= 0.6 is 0 Å². The Hall–Kier alpha value is -3.41. The average molecular weight is 393 g/mol. The zero-order chi connectivity index (χ0) is 21.3. The summed E-state index contributed by atoms with van der Waals surface area (Å²) in [6, 6.07) is 10.7. The molecule has 0 aliphatic rings. The van der Waals surface area contributed by atoms with Crippen molar-refractivity contribution in [2.75, 3.05) is 0 Å². The van der Waals surface area contributed by atoms with Crippen LogP contribution in [0.2, 0.25) is 0 Å². The fourth-order valence-electron chi connectivity index (χ4n) is 3.28. The first-order valence-corrected chi connectivity index (χ1v) is 9.36. The minimum atomic E-state index is -1.08. The molecule has 0 saturated carbocycles. The number of fused-ring (bicyclic) bond motifs is 1. The molecule has 2 aromatic carbocycles. The lowest BCUT2D eigenvalue weighted by molar-refractivity contribution is -0.140. The molecule has 3 rings (SSSR count). The van der Waals surface area contributed by atoms with Gasteiger partial charge in [-0.2, -0.15) is 0 Å². The highest BCUT2D eigenvalue weighted by Gasteiger charge is 2.24. The van der Waals surface area contributed by atoms with Gasteiger partial charge < -0.3 is 14.8 Å². The third-order valence-corrected chi connectivity index (χ3v) is 4.81. The van der Waals surface area contributed by atoms with Crippen molar-refractivity contribution >= 4 is 22.8 Å². The molecule has 1 heterocycles. The first kappa shape index (κ1) is 20.3. The molecular weight excluding hydrogens is 370 g/mol. The van der Waals surface area contributed by atoms with Crippen molar-refractivity contribution in [3.63, 3.8) is 0 Å². The van der Waals surface area contributed by atoms with E-state index in [1.54, 1.807) is 44.2 Å². The first-order chi connectivity index (χ1) is 13.7. The molecule has 3 aromatic rings. The Bertz CT molecular complexity index is 1140. The highest BCUT2D eigenvalue weighted by Crippen LogP contribution is 2.25. The van der Waals surface area contributed by atoms with Gasteiger partial charge in [-0.15, -0.1) is 0 Å². The fourth-order valence-corrected chi connectivity index (χ4v) is 3.28. The van der Waals surface area contributed by atoms with E-state index < -0.39 is 17.9 Å². The van der Waals surface area contributed by atoms with Crippen LogP contribution in [0.5, 0.6) is 0 Å². The molecule has 1 amide bonds. The lowest BCUT2D eigenvalue weighted by Crippen LogP contribution is -2.44. The van der Waals surface area contributed by atoms with Crippen molar-refractivity contribution in [3.05, 3.63) is 69.4 Å². The van der Waals surface area contributed by atoms with E-state index in [1.165, 1.54) is 6.07 Å². The highest BCUT2D eigenvalue weighted by molar-refractivity contribution is 5.97. The highest BCUT2D eigenvalue weighted by atomic mass is 16.4. The van der Waals surface area contributed by atoms with Crippen LogP contribution < -0.4 is 10.7 Å². The number of amides is 1. The summed E-state index contributed by atoms with van der Waals surface area (Å²) in [5.74, 6) is -1.38. The number of rotatable bonds is 5. The van der Waals surface area contributed by atoms with Crippen molar-refractivity contribution < 1.29 is 19.1 Å². The molecule has 29 heavy (non-hydrogen) atoms. The van der Waals surface area contributed by atoms with Crippen molar-refractivity contribution in [3.8, 4) is 11.3 Å². The predicted octanol–water partition coefficient (Wildman–Crippen LogP) is 3.92. The van der Waals surface area contributed by atoms with Gasteiger partial charge in [-0.1, -0.05) is 32.0 Å². The molecule has 1 atom stereocenters. The van der Waals surface area contributed by atoms with Gasteiger partial charge in [-0.3, -0.25) is 9.59 Å². The van der Waals surface area contributed by atoms with Crippen molar-refractivity contribution in [2.45, 2.75) is 33.7 Å². The minimum absolute atomic E-state index is 0.129. The number of carbonyl (C=O) groups is 2. The number of hydrogen-bond acceptors (Lipinski definition) is 4. The maximum atomic E-state index is 12.5.